The maximum atomic E-state index is 12.4. The zero-order valence-corrected chi connectivity index (χ0v) is 16.6. The monoisotopic (exact) mass is 402 g/mol. The summed E-state index contributed by atoms with van der Waals surface area (Å²) in [5.74, 6) is 0.173. The van der Waals surface area contributed by atoms with E-state index in [1.54, 1.807) is 18.0 Å². The van der Waals surface area contributed by atoms with Gasteiger partial charge in [-0.3, -0.25) is 14.6 Å². The van der Waals surface area contributed by atoms with Gasteiger partial charge in [0.1, 0.15) is 17.5 Å². The highest BCUT2D eigenvalue weighted by atomic mass is 35.5. The third-order valence-electron chi connectivity index (χ3n) is 4.56. The third-order valence-corrected chi connectivity index (χ3v) is 4.80. The van der Waals surface area contributed by atoms with Gasteiger partial charge in [0.05, 0.1) is 25.3 Å². The maximum absolute atomic E-state index is 12.4. The number of anilines is 1. The van der Waals surface area contributed by atoms with Crippen molar-refractivity contribution in [2.45, 2.75) is 13.0 Å². The van der Waals surface area contributed by atoms with Gasteiger partial charge in [-0.2, -0.15) is 0 Å². The average Bonchev–Trinajstić information content (AvgIpc) is 2.71. The lowest BCUT2D eigenvalue weighted by Gasteiger charge is -2.37. The molecule has 0 saturated heterocycles. The standard InChI is InChI=1S/C20H23ClN4O3/c1-3-25-13-15(28-18-7-5-4-6-17(18)25)12-24(2)19(26)11-23-20(27)16-10-14(21)8-9-22-16/h4-10,15H,3,11-13H2,1-2H3,(H,23,27)/t15-/m1/s1. The summed E-state index contributed by atoms with van der Waals surface area (Å²) in [5, 5.41) is 2.99. The van der Waals surface area contributed by atoms with E-state index in [2.05, 4.69) is 22.1 Å². The van der Waals surface area contributed by atoms with Crippen LogP contribution in [0.4, 0.5) is 5.69 Å². The lowest BCUT2D eigenvalue weighted by Crippen LogP contribution is -2.48. The number of carbonyl (C=O) groups is 2. The SMILES string of the molecule is CCN1C[C@@H](CN(C)C(=O)CNC(=O)c2cc(Cl)ccn2)Oc2ccccc21. The summed E-state index contributed by atoms with van der Waals surface area (Å²) in [6.45, 7) is 3.95. The van der Waals surface area contributed by atoms with Crippen molar-refractivity contribution in [3.8, 4) is 5.75 Å². The van der Waals surface area contributed by atoms with Crippen molar-refractivity contribution < 1.29 is 14.3 Å². The van der Waals surface area contributed by atoms with Crippen LogP contribution in [-0.4, -0.2) is 61.0 Å². The number of halogens is 1. The number of rotatable bonds is 6. The molecule has 1 aliphatic heterocycles. The fraction of sp³-hybridized carbons (Fsp3) is 0.350. The molecule has 0 aliphatic carbocycles. The van der Waals surface area contributed by atoms with Crippen LogP contribution in [0.1, 0.15) is 17.4 Å². The number of aromatic nitrogens is 1. The van der Waals surface area contributed by atoms with Gasteiger partial charge in [-0.1, -0.05) is 23.7 Å². The van der Waals surface area contributed by atoms with Crippen molar-refractivity contribution in [1.29, 1.82) is 0 Å². The van der Waals surface area contributed by atoms with Gasteiger partial charge < -0.3 is 19.9 Å². The number of nitrogens with zero attached hydrogens (tertiary/aromatic N) is 3. The lowest BCUT2D eigenvalue weighted by molar-refractivity contribution is -0.129. The van der Waals surface area contributed by atoms with Crippen molar-refractivity contribution in [3.63, 3.8) is 0 Å². The van der Waals surface area contributed by atoms with Crippen molar-refractivity contribution in [3.05, 3.63) is 53.3 Å². The molecule has 1 N–H and O–H groups in total. The smallest absolute Gasteiger partial charge is 0.270 e. The topological polar surface area (TPSA) is 74.8 Å². The van der Waals surface area contributed by atoms with Gasteiger partial charge in [-0.15, -0.1) is 0 Å². The molecule has 0 fully saturated rings. The number of carbonyl (C=O) groups excluding carboxylic acids is 2. The Labute approximate surface area is 169 Å². The summed E-state index contributed by atoms with van der Waals surface area (Å²) in [5.41, 5.74) is 1.24. The van der Waals surface area contributed by atoms with Gasteiger partial charge >= 0.3 is 0 Å². The number of para-hydroxylation sites is 2. The molecule has 148 valence electrons. The van der Waals surface area contributed by atoms with E-state index in [-0.39, 0.29) is 24.2 Å². The van der Waals surface area contributed by atoms with Gasteiger partial charge in [0.15, 0.2) is 0 Å². The maximum Gasteiger partial charge on any atom is 0.270 e. The van der Waals surface area contributed by atoms with E-state index in [1.165, 1.54) is 12.3 Å². The molecule has 8 heteroatoms. The van der Waals surface area contributed by atoms with Gasteiger partial charge in [0.25, 0.3) is 5.91 Å². The van der Waals surface area contributed by atoms with E-state index in [4.69, 9.17) is 16.3 Å². The number of benzene rings is 1. The fourth-order valence-electron chi connectivity index (χ4n) is 3.09. The average molecular weight is 403 g/mol. The summed E-state index contributed by atoms with van der Waals surface area (Å²) in [4.78, 5) is 32.3. The molecule has 2 amide bonds. The molecule has 0 unspecified atom stereocenters. The fourth-order valence-corrected chi connectivity index (χ4v) is 3.25. The van der Waals surface area contributed by atoms with Crippen LogP contribution in [0.2, 0.25) is 5.02 Å². The minimum Gasteiger partial charge on any atom is -0.485 e. The highest BCUT2D eigenvalue weighted by molar-refractivity contribution is 6.30. The summed E-state index contributed by atoms with van der Waals surface area (Å²) in [6.07, 6.45) is 1.30. The minimum absolute atomic E-state index is 0.121. The Bertz CT molecular complexity index is 861. The Morgan fingerprint density at radius 1 is 1.36 bits per heavy atom. The number of ether oxygens (including phenoxy) is 1. The number of pyridine rings is 1. The molecule has 1 aromatic carbocycles. The predicted octanol–water partition coefficient (Wildman–Crippen LogP) is 2.21. The number of hydrogen-bond donors (Lipinski definition) is 1. The molecule has 1 aliphatic rings. The molecule has 2 aromatic rings. The zero-order valence-electron chi connectivity index (χ0n) is 15.9. The zero-order chi connectivity index (χ0) is 20.1. The second-order valence-electron chi connectivity index (χ2n) is 6.56. The van der Waals surface area contributed by atoms with E-state index < -0.39 is 5.91 Å². The van der Waals surface area contributed by atoms with Crippen LogP contribution in [0.15, 0.2) is 42.6 Å². The molecule has 0 spiro atoms. The summed E-state index contributed by atoms with van der Waals surface area (Å²) >= 11 is 5.86. The Balaban J connectivity index is 1.54. The molecule has 0 radical (unpaired) electrons. The Hall–Kier alpha value is -2.80. The molecule has 0 bridgehead atoms. The van der Waals surface area contributed by atoms with Crippen molar-refractivity contribution in [2.24, 2.45) is 0 Å². The molecule has 1 atom stereocenters. The van der Waals surface area contributed by atoms with Crippen molar-refractivity contribution >= 4 is 29.1 Å². The first-order valence-corrected chi connectivity index (χ1v) is 9.50. The molecular formula is C20H23ClN4O3. The van der Waals surface area contributed by atoms with Crippen LogP contribution in [-0.2, 0) is 4.79 Å². The third kappa shape index (κ3) is 4.72. The Morgan fingerprint density at radius 3 is 2.89 bits per heavy atom. The first-order valence-electron chi connectivity index (χ1n) is 9.12. The number of nitrogens with one attached hydrogen (secondary N) is 1. The quantitative estimate of drug-likeness (QED) is 0.801. The highest BCUT2D eigenvalue weighted by Gasteiger charge is 2.26. The summed E-state index contributed by atoms with van der Waals surface area (Å²) < 4.78 is 6.05. The summed E-state index contributed by atoms with van der Waals surface area (Å²) in [7, 11) is 1.70. The normalized spacial score (nSPS) is 15.4. The molecular weight excluding hydrogens is 380 g/mol. The highest BCUT2D eigenvalue weighted by Crippen LogP contribution is 2.32. The molecule has 0 saturated carbocycles. The molecule has 3 rings (SSSR count). The second-order valence-corrected chi connectivity index (χ2v) is 7.00. The van der Waals surface area contributed by atoms with Crippen LogP contribution < -0.4 is 15.0 Å². The lowest BCUT2D eigenvalue weighted by atomic mass is 10.2. The minimum atomic E-state index is -0.441. The van der Waals surface area contributed by atoms with E-state index in [9.17, 15) is 9.59 Å². The first kappa shape index (κ1) is 19.9. The molecule has 7 nitrogen and oxygen atoms in total. The van der Waals surface area contributed by atoms with Crippen molar-refractivity contribution in [2.75, 3.05) is 38.1 Å². The van der Waals surface area contributed by atoms with E-state index in [1.807, 2.05) is 24.3 Å². The number of hydrogen-bond acceptors (Lipinski definition) is 5. The van der Waals surface area contributed by atoms with Crippen LogP contribution in [0.3, 0.4) is 0 Å². The van der Waals surface area contributed by atoms with Crippen LogP contribution >= 0.6 is 11.6 Å². The molecule has 2 heterocycles. The van der Waals surface area contributed by atoms with Gasteiger partial charge in [-0.05, 0) is 31.2 Å². The van der Waals surface area contributed by atoms with Crippen LogP contribution in [0.25, 0.3) is 0 Å². The Morgan fingerprint density at radius 2 is 2.14 bits per heavy atom. The van der Waals surface area contributed by atoms with E-state index in [0.717, 1.165) is 18.0 Å². The Kier molecular flexibility index (Phi) is 6.36. The van der Waals surface area contributed by atoms with E-state index >= 15 is 0 Å². The number of amides is 2. The van der Waals surface area contributed by atoms with Crippen LogP contribution in [0, 0.1) is 0 Å². The van der Waals surface area contributed by atoms with Crippen molar-refractivity contribution in [1.82, 2.24) is 15.2 Å². The number of fused-ring (bicyclic) bond motifs is 1. The largest absolute Gasteiger partial charge is 0.485 e. The summed E-state index contributed by atoms with van der Waals surface area (Å²) in [6, 6.07) is 10.9. The predicted molar refractivity (Wildman–Crippen MR) is 108 cm³/mol. The first-order chi connectivity index (χ1) is 13.5. The second kappa shape index (κ2) is 8.93. The molecule has 28 heavy (non-hydrogen) atoms. The van der Waals surface area contributed by atoms with Crippen LogP contribution in [0.5, 0.6) is 5.75 Å². The van der Waals surface area contributed by atoms with Gasteiger partial charge in [0.2, 0.25) is 5.91 Å². The molecule has 1 aromatic heterocycles. The van der Waals surface area contributed by atoms with Gasteiger partial charge in [0, 0.05) is 24.8 Å². The van der Waals surface area contributed by atoms with Gasteiger partial charge in [-0.25, -0.2) is 0 Å². The van der Waals surface area contributed by atoms with E-state index in [0.29, 0.717) is 18.1 Å². The number of likely N-dealkylation sites (N-methyl/N-ethyl adjacent to an activating group) is 2.